The first-order valence-electron chi connectivity index (χ1n) is 9.93. The average molecular weight is 428 g/mol. The first-order valence-corrected chi connectivity index (χ1v) is 11.7. The van der Waals surface area contributed by atoms with Gasteiger partial charge in [0, 0.05) is 19.0 Å². The van der Waals surface area contributed by atoms with Gasteiger partial charge in [0.1, 0.15) is 4.83 Å². The lowest BCUT2D eigenvalue weighted by molar-refractivity contribution is -0.125. The summed E-state index contributed by atoms with van der Waals surface area (Å²) in [5, 5.41) is 1.36. The number of carbonyl (C=O) groups excluding carboxylic acids is 1. The molecule has 2 aromatic heterocycles. The molecule has 29 heavy (non-hydrogen) atoms. The summed E-state index contributed by atoms with van der Waals surface area (Å²) < 4.78 is 1.71. The van der Waals surface area contributed by atoms with Gasteiger partial charge in [-0.25, -0.2) is 4.98 Å². The van der Waals surface area contributed by atoms with Crippen LogP contribution in [0.1, 0.15) is 35.3 Å². The summed E-state index contributed by atoms with van der Waals surface area (Å²) in [7, 11) is 3.48. The molecule has 1 amide bonds. The number of rotatable bonds is 4. The standard InChI is InChI=1S/C22H25N3O2S2/c1-14-9-7-8-11-16(14)25-21(27)19-15-10-5-4-6-12-17(15)29-20(19)23-22(25)28-13-18(26)24(2)3/h7-9,11H,4-6,10,12-13H2,1-3H3. The minimum absolute atomic E-state index is 0.00245. The number of aryl methyl sites for hydroxylation is 3. The van der Waals surface area contributed by atoms with E-state index in [0.29, 0.717) is 5.16 Å². The predicted molar refractivity (Wildman–Crippen MR) is 121 cm³/mol. The van der Waals surface area contributed by atoms with Gasteiger partial charge in [-0.05, 0) is 49.8 Å². The largest absolute Gasteiger partial charge is 0.348 e. The first-order chi connectivity index (χ1) is 14.0. The van der Waals surface area contributed by atoms with Gasteiger partial charge in [-0.15, -0.1) is 11.3 Å². The fourth-order valence-electron chi connectivity index (χ4n) is 3.74. The summed E-state index contributed by atoms with van der Waals surface area (Å²) in [6, 6.07) is 7.86. The molecule has 1 aromatic carbocycles. The first kappa shape index (κ1) is 20.2. The quantitative estimate of drug-likeness (QED) is 0.356. The lowest BCUT2D eigenvalue weighted by Gasteiger charge is -2.15. The Morgan fingerprint density at radius 3 is 2.72 bits per heavy atom. The van der Waals surface area contributed by atoms with E-state index in [-0.39, 0.29) is 17.2 Å². The molecule has 0 atom stereocenters. The van der Waals surface area contributed by atoms with E-state index in [1.54, 1.807) is 34.9 Å². The number of thiophene rings is 1. The molecular formula is C22H25N3O2S2. The van der Waals surface area contributed by atoms with Crippen LogP contribution in [-0.4, -0.2) is 40.2 Å². The molecule has 3 aromatic rings. The lowest BCUT2D eigenvalue weighted by atomic mass is 10.1. The van der Waals surface area contributed by atoms with Gasteiger partial charge in [-0.1, -0.05) is 36.4 Å². The summed E-state index contributed by atoms with van der Waals surface area (Å²) in [5.74, 6) is 0.254. The number of aromatic nitrogens is 2. The van der Waals surface area contributed by atoms with Crippen molar-refractivity contribution in [1.29, 1.82) is 0 Å². The maximum absolute atomic E-state index is 13.7. The van der Waals surface area contributed by atoms with Crippen molar-refractivity contribution in [1.82, 2.24) is 14.5 Å². The van der Waals surface area contributed by atoms with Crippen LogP contribution in [0.15, 0.2) is 34.2 Å². The zero-order chi connectivity index (χ0) is 20.5. The highest BCUT2D eigenvalue weighted by molar-refractivity contribution is 7.99. The normalized spacial score (nSPS) is 13.9. The third-order valence-electron chi connectivity index (χ3n) is 5.39. The van der Waals surface area contributed by atoms with Gasteiger partial charge in [0.2, 0.25) is 5.91 Å². The van der Waals surface area contributed by atoms with Crippen molar-refractivity contribution in [3.8, 4) is 5.69 Å². The zero-order valence-electron chi connectivity index (χ0n) is 17.0. The van der Waals surface area contributed by atoms with Crippen LogP contribution in [0.2, 0.25) is 0 Å². The van der Waals surface area contributed by atoms with Crippen LogP contribution in [-0.2, 0) is 17.6 Å². The number of thioether (sulfide) groups is 1. The minimum Gasteiger partial charge on any atom is -0.348 e. The minimum atomic E-state index is -0.0106. The maximum atomic E-state index is 13.7. The van der Waals surface area contributed by atoms with Crippen molar-refractivity contribution >= 4 is 39.2 Å². The molecule has 0 N–H and O–H groups in total. The molecule has 0 bridgehead atoms. The highest BCUT2D eigenvalue weighted by Gasteiger charge is 2.23. The number of hydrogen-bond donors (Lipinski definition) is 0. The molecule has 7 heteroatoms. The fraction of sp³-hybridized carbons (Fsp3) is 0.409. The topological polar surface area (TPSA) is 55.2 Å². The smallest absolute Gasteiger partial charge is 0.267 e. The monoisotopic (exact) mass is 427 g/mol. The highest BCUT2D eigenvalue weighted by atomic mass is 32.2. The Bertz CT molecular complexity index is 1130. The Hall–Kier alpha value is -2.12. The van der Waals surface area contributed by atoms with E-state index in [2.05, 4.69) is 0 Å². The number of para-hydroxylation sites is 1. The zero-order valence-corrected chi connectivity index (χ0v) is 18.7. The molecule has 2 heterocycles. The number of carbonyl (C=O) groups is 1. The molecule has 152 valence electrons. The van der Waals surface area contributed by atoms with Crippen LogP contribution in [0.4, 0.5) is 0 Å². The average Bonchev–Trinajstić information content (AvgIpc) is 2.88. The van der Waals surface area contributed by atoms with Crippen molar-refractivity contribution < 1.29 is 4.79 Å². The molecule has 0 unspecified atom stereocenters. The van der Waals surface area contributed by atoms with Crippen molar-refractivity contribution in [3.63, 3.8) is 0 Å². The third kappa shape index (κ3) is 3.85. The number of hydrogen-bond acceptors (Lipinski definition) is 5. The van der Waals surface area contributed by atoms with Gasteiger partial charge in [0.05, 0.1) is 16.8 Å². The van der Waals surface area contributed by atoms with E-state index in [0.717, 1.165) is 40.7 Å². The summed E-state index contributed by atoms with van der Waals surface area (Å²) >= 11 is 2.99. The van der Waals surface area contributed by atoms with Crippen LogP contribution in [0.25, 0.3) is 15.9 Å². The van der Waals surface area contributed by atoms with Gasteiger partial charge in [-0.2, -0.15) is 0 Å². The van der Waals surface area contributed by atoms with Gasteiger partial charge in [0.25, 0.3) is 5.56 Å². The summed E-state index contributed by atoms with van der Waals surface area (Å²) in [5.41, 5.74) is 3.03. The number of fused-ring (bicyclic) bond motifs is 3. The molecule has 0 spiro atoms. The van der Waals surface area contributed by atoms with Gasteiger partial charge >= 0.3 is 0 Å². The molecule has 5 nitrogen and oxygen atoms in total. The molecule has 1 aliphatic rings. The van der Waals surface area contributed by atoms with Crippen molar-refractivity contribution in [2.24, 2.45) is 0 Å². The molecular weight excluding hydrogens is 402 g/mol. The molecule has 0 radical (unpaired) electrons. The second kappa shape index (κ2) is 8.32. The van der Waals surface area contributed by atoms with E-state index in [9.17, 15) is 9.59 Å². The van der Waals surface area contributed by atoms with E-state index in [1.165, 1.54) is 35.0 Å². The predicted octanol–water partition coefficient (Wildman–Crippen LogP) is 4.20. The van der Waals surface area contributed by atoms with Gasteiger partial charge in [0.15, 0.2) is 5.16 Å². The number of amides is 1. The second-order valence-corrected chi connectivity index (χ2v) is 9.67. The number of nitrogens with zero attached hydrogens (tertiary/aromatic N) is 3. The summed E-state index contributed by atoms with van der Waals surface area (Å²) in [6.07, 6.45) is 5.48. The Labute approximate surface area is 178 Å². The lowest BCUT2D eigenvalue weighted by Crippen LogP contribution is -2.26. The molecule has 0 fully saturated rings. The Balaban J connectivity index is 1.93. The molecule has 0 saturated carbocycles. The fourth-order valence-corrected chi connectivity index (χ4v) is 6.03. The molecule has 0 saturated heterocycles. The van der Waals surface area contributed by atoms with Crippen molar-refractivity contribution in [2.75, 3.05) is 19.8 Å². The van der Waals surface area contributed by atoms with Crippen molar-refractivity contribution in [2.45, 2.75) is 44.2 Å². The van der Waals surface area contributed by atoms with Crippen LogP contribution in [0.3, 0.4) is 0 Å². The molecule has 4 rings (SSSR count). The van der Waals surface area contributed by atoms with Crippen LogP contribution in [0.5, 0.6) is 0 Å². The maximum Gasteiger partial charge on any atom is 0.267 e. The van der Waals surface area contributed by atoms with Crippen LogP contribution >= 0.6 is 23.1 Å². The van der Waals surface area contributed by atoms with Crippen LogP contribution in [0, 0.1) is 6.92 Å². The Kier molecular flexibility index (Phi) is 5.79. The SMILES string of the molecule is Cc1ccccc1-n1c(SCC(=O)N(C)C)nc2sc3c(c2c1=O)CCCCC3. The van der Waals surface area contributed by atoms with E-state index >= 15 is 0 Å². The molecule has 1 aliphatic carbocycles. The van der Waals surface area contributed by atoms with E-state index < -0.39 is 0 Å². The van der Waals surface area contributed by atoms with Gasteiger partial charge < -0.3 is 4.90 Å². The summed E-state index contributed by atoms with van der Waals surface area (Å²) in [4.78, 5) is 34.5. The van der Waals surface area contributed by atoms with Gasteiger partial charge in [-0.3, -0.25) is 14.2 Å². The third-order valence-corrected chi connectivity index (χ3v) is 7.50. The summed E-state index contributed by atoms with van der Waals surface area (Å²) in [6.45, 7) is 2.00. The Morgan fingerprint density at radius 1 is 1.21 bits per heavy atom. The van der Waals surface area contributed by atoms with E-state index in [1.807, 2.05) is 31.2 Å². The Morgan fingerprint density at radius 2 is 1.97 bits per heavy atom. The van der Waals surface area contributed by atoms with Crippen LogP contribution < -0.4 is 5.56 Å². The number of benzene rings is 1. The van der Waals surface area contributed by atoms with Crippen molar-refractivity contribution in [3.05, 3.63) is 50.6 Å². The van der Waals surface area contributed by atoms with E-state index in [4.69, 9.17) is 4.98 Å². The molecule has 0 aliphatic heterocycles. The highest BCUT2D eigenvalue weighted by Crippen LogP contribution is 2.35. The second-order valence-electron chi connectivity index (χ2n) is 7.64.